The zero-order valence-corrected chi connectivity index (χ0v) is 9.12. The molecule has 15 heavy (non-hydrogen) atoms. The van der Waals surface area contributed by atoms with Crippen LogP contribution in [0.25, 0.3) is 0 Å². The summed E-state index contributed by atoms with van der Waals surface area (Å²) in [5.74, 6) is 0.0352. The highest BCUT2D eigenvalue weighted by molar-refractivity contribution is 6.28. The Kier molecular flexibility index (Phi) is 2.52. The fourth-order valence-corrected chi connectivity index (χ4v) is 1.96. The molecule has 1 aromatic heterocycles. The lowest BCUT2D eigenvalue weighted by molar-refractivity contribution is -0.612. The van der Waals surface area contributed by atoms with E-state index in [1.807, 2.05) is 0 Å². The van der Waals surface area contributed by atoms with Crippen LogP contribution in [0.15, 0.2) is 12.1 Å². The standard InChI is InChI=1S/C10H11ClN2O2/c1-7(14)12-5-4-9-8(6-12)2-3-10(11)13(9)15/h2-3H,4-6H2,1H3. The van der Waals surface area contributed by atoms with Gasteiger partial charge in [0.05, 0.1) is 13.0 Å². The number of amides is 1. The second kappa shape index (κ2) is 3.70. The molecule has 0 N–H and O–H groups in total. The Hall–Kier alpha value is -1.29. The molecule has 0 bridgehead atoms. The van der Waals surface area contributed by atoms with Crippen LogP contribution in [0.2, 0.25) is 5.15 Å². The first-order valence-electron chi connectivity index (χ1n) is 4.75. The van der Waals surface area contributed by atoms with E-state index in [-0.39, 0.29) is 11.1 Å². The Labute approximate surface area is 92.7 Å². The lowest BCUT2D eigenvalue weighted by atomic mass is 10.1. The zero-order valence-electron chi connectivity index (χ0n) is 8.36. The summed E-state index contributed by atoms with van der Waals surface area (Å²) in [6.07, 6.45) is 0.568. The number of hydrogen-bond donors (Lipinski definition) is 0. The van der Waals surface area contributed by atoms with Gasteiger partial charge in [0.2, 0.25) is 11.6 Å². The van der Waals surface area contributed by atoms with Crippen LogP contribution in [0.4, 0.5) is 0 Å². The Bertz CT molecular complexity index is 420. The number of hydrogen-bond acceptors (Lipinski definition) is 2. The van der Waals surface area contributed by atoms with Gasteiger partial charge in [-0.15, -0.1) is 0 Å². The molecule has 0 saturated carbocycles. The van der Waals surface area contributed by atoms with Crippen molar-refractivity contribution in [3.05, 3.63) is 33.8 Å². The van der Waals surface area contributed by atoms with Gasteiger partial charge >= 0.3 is 0 Å². The average molecular weight is 227 g/mol. The summed E-state index contributed by atoms with van der Waals surface area (Å²) in [7, 11) is 0. The van der Waals surface area contributed by atoms with Crippen molar-refractivity contribution < 1.29 is 9.52 Å². The van der Waals surface area contributed by atoms with Crippen LogP contribution < -0.4 is 4.73 Å². The summed E-state index contributed by atoms with van der Waals surface area (Å²) in [4.78, 5) is 12.9. The normalized spacial score (nSPS) is 14.9. The molecule has 1 amide bonds. The number of carbonyl (C=O) groups excluding carboxylic acids is 1. The van der Waals surface area contributed by atoms with Gasteiger partial charge in [-0.2, -0.15) is 4.73 Å². The molecule has 0 radical (unpaired) electrons. The molecule has 5 heteroatoms. The molecule has 1 aliphatic heterocycles. The molecule has 0 spiro atoms. The SMILES string of the molecule is CC(=O)N1CCc2c(ccc(Cl)[n+]2[O-])C1. The van der Waals surface area contributed by atoms with Gasteiger partial charge in [-0.25, -0.2) is 0 Å². The van der Waals surface area contributed by atoms with Gasteiger partial charge in [0, 0.05) is 25.1 Å². The van der Waals surface area contributed by atoms with Crippen molar-refractivity contribution in [2.45, 2.75) is 19.9 Å². The van der Waals surface area contributed by atoms with Gasteiger partial charge in [0.15, 0.2) is 0 Å². The van der Waals surface area contributed by atoms with Crippen LogP contribution in [-0.4, -0.2) is 17.4 Å². The van der Waals surface area contributed by atoms with Gasteiger partial charge in [-0.05, 0) is 17.7 Å². The van der Waals surface area contributed by atoms with Crippen LogP contribution in [-0.2, 0) is 17.8 Å². The largest absolute Gasteiger partial charge is 0.617 e. The zero-order chi connectivity index (χ0) is 11.0. The van der Waals surface area contributed by atoms with E-state index in [2.05, 4.69) is 0 Å². The first kappa shape index (κ1) is 10.2. The third-order valence-electron chi connectivity index (χ3n) is 2.66. The van der Waals surface area contributed by atoms with Crippen molar-refractivity contribution in [1.82, 2.24) is 4.90 Å². The predicted molar refractivity (Wildman–Crippen MR) is 55.2 cm³/mol. The number of carbonyl (C=O) groups is 1. The lowest BCUT2D eigenvalue weighted by Crippen LogP contribution is -2.43. The molecule has 2 heterocycles. The highest BCUT2D eigenvalue weighted by atomic mass is 35.5. The summed E-state index contributed by atoms with van der Waals surface area (Å²) >= 11 is 5.71. The van der Waals surface area contributed by atoms with Gasteiger partial charge < -0.3 is 10.1 Å². The van der Waals surface area contributed by atoms with E-state index in [0.29, 0.717) is 25.2 Å². The third-order valence-corrected chi connectivity index (χ3v) is 2.94. The van der Waals surface area contributed by atoms with Crippen LogP contribution >= 0.6 is 11.6 Å². The molecule has 0 atom stereocenters. The Morgan fingerprint density at radius 3 is 3.00 bits per heavy atom. The van der Waals surface area contributed by atoms with Crippen LogP contribution in [0.5, 0.6) is 0 Å². The summed E-state index contributed by atoms with van der Waals surface area (Å²) in [5, 5.41) is 11.8. The van der Waals surface area contributed by atoms with Crippen molar-refractivity contribution in [2.24, 2.45) is 0 Å². The monoisotopic (exact) mass is 226 g/mol. The first-order valence-corrected chi connectivity index (χ1v) is 5.12. The average Bonchev–Trinajstić information content (AvgIpc) is 2.23. The van der Waals surface area contributed by atoms with Gasteiger partial charge in [-0.3, -0.25) is 4.79 Å². The van der Waals surface area contributed by atoms with Crippen molar-refractivity contribution >= 4 is 17.5 Å². The molecule has 0 aliphatic carbocycles. The number of fused-ring (bicyclic) bond motifs is 1. The Balaban J connectivity index is 2.36. The maximum Gasteiger partial charge on any atom is 0.286 e. The van der Waals surface area contributed by atoms with E-state index in [4.69, 9.17) is 11.6 Å². The molecule has 0 saturated heterocycles. The molecule has 2 rings (SSSR count). The Morgan fingerprint density at radius 1 is 1.60 bits per heavy atom. The predicted octanol–water partition coefficient (Wildman–Crippen LogP) is 0.878. The summed E-state index contributed by atoms with van der Waals surface area (Å²) in [6, 6.07) is 3.37. The number of aromatic nitrogens is 1. The number of halogens is 1. The first-order chi connectivity index (χ1) is 7.09. The maximum atomic E-state index is 11.6. The number of nitrogens with zero attached hydrogens (tertiary/aromatic N) is 2. The second-order valence-corrected chi connectivity index (χ2v) is 4.00. The molecule has 0 unspecified atom stereocenters. The van der Waals surface area contributed by atoms with Crippen LogP contribution in [0.1, 0.15) is 18.2 Å². The second-order valence-electron chi connectivity index (χ2n) is 3.61. The fraction of sp³-hybridized carbons (Fsp3) is 0.400. The van der Waals surface area contributed by atoms with Crippen LogP contribution in [0.3, 0.4) is 0 Å². The number of rotatable bonds is 0. The minimum Gasteiger partial charge on any atom is -0.617 e. The minimum absolute atomic E-state index is 0.0352. The molecule has 0 fully saturated rings. The van der Waals surface area contributed by atoms with Crippen molar-refractivity contribution in [2.75, 3.05) is 6.54 Å². The molecule has 1 aliphatic rings. The molecule has 0 aromatic carbocycles. The third kappa shape index (κ3) is 1.77. The molecule has 1 aromatic rings. The van der Waals surface area contributed by atoms with E-state index < -0.39 is 0 Å². The summed E-state index contributed by atoms with van der Waals surface area (Å²) < 4.78 is 0.744. The van der Waals surface area contributed by atoms with Crippen molar-refractivity contribution in [3.8, 4) is 0 Å². The van der Waals surface area contributed by atoms with Crippen molar-refractivity contribution in [1.29, 1.82) is 0 Å². The Morgan fingerprint density at radius 2 is 2.33 bits per heavy atom. The summed E-state index contributed by atoms with van der Waals surface area (Å²) in [6.45, 7) is 2.63. The number of pyridine rings is 1. The maximum absolute atomic E-state index is 11.6. The van der Waals surface area contributed by atoms with E-state index in [1.165, 1.54) is 6.92 Å². The van der Waals surface area contributed by atoms with Gasteiger partial charge in [-0.1, -0.05) is 0 Å². The van der Waals surface area contributed by atoms with E-state index in [0.717, 1.165) is 10.3 Å². The highest BCUT2D eigenvalue weighted by Crippen LogP contribution is 2.17. The van der Waals surface area contributed by atoms with Crippen molar-refractivity contribution in [3.63, 3.8) is 0 Å². The molecule has 80 valence electrons. The van der Waals surface area contributed by atoms with E-state index in [9.17, 15) is 10.0 Å². The smallest absolute Gasteiger partial charge is 0.286 e. The topological polar surface area (TPSA) is 47.2 Å². The highest BCUT2D eigenvalue weighted by Gasteiger charge is 2.24. The lowest BCUT2D eigenvalue weighted by Gasteiger charge is -2.26. The molecule has 4 nitrogen and oxygen atoms in total. The van der Waals surface area contributed by atoms with Gasteiger partial charge in [0.25, 0.3) is 5.15 Å². The molecular formula is C10H11ClN2O2. The minimum atomic E-state index is 0.0352. The van der Waals surface area contributed by atoms with E-state index in [1.54, 1.807) is 17.0 Å². The fourth-order valence-electron chi connectivity index (χ4n) is 1.79. The molecular weight excluding hydrogens is 216 g/mol. The van der Waals surface area contributed by atoms with Crippen LogP contribution in [0, 0.1) is 5.21 Å². The van der Waals surface area contributed by atoms with Gasteiger partial charge in [0.1, 0.15) is 0 Å². The van der Waals surface area contributed by atoms with E-state index >= 15 is 0 Å². The quantitative estimate of drug-likeness (QED) is 0.375. The summed E-state index contributed by atoms with van der Waals surface area (Å²) in [5.41, 5.74) is 1.57.